The van der Waals surface area contributed by atoms with E-state index in [2.05, 4.69) is 25.4 Å². The third-order valence-electron chi connectivity index (χ3n) is 3.95. The molecule has 1 fully saturated rings. The van der Waals surface area contributed by atoms with Gasteiger partial charge in [0.2, 0.25) is 0 Å². The predicted molar refractivity (Wildman–Crippen MR) is 76.2 cm³/mol. The Bertz CT molecular complexity index is 162. The first kappa shape index (κ1) is 14.4. The number of hydrogen-bond acceptors (Lipinski definition) is 2. The third kappa shape index (κ3) is 5.09. The number of rotatable bonds is 7. The van der Waals surface area contributed by atoms with Crippen LogP contribution in [0.1, 0.15) is 52.4 Å². The summed E-state index contributed by atoms with van der Waals surface area (Å²) in [5.41, 5.74) is 0. The van der Waals surface area contributed by atoms with Crippen LogP contribution in [0.15, 0.2) is 0 Å². The second-order valence-corrected chi connectivity index (χ2v) is 6.40. The molecular formula is C14H29NS. The van der Waals surface area contributed by atoms with Crippen LogP contribution in [0.2, 0.25) is 0 Å². The lowest BCUT2D eigenvalue weighted by atomic mass is 9.79. The standard InChI is InChI=1S/C14H29NS/c1-12-8-7-9-13(2)14(12)15-10-5-4-6-11-16-3/h12-15H,4-11H2,1-3H3. The molecule has 0 aromatic rings. The third-order valence-corrected chi connectivity index (χ3v) is 4.65. The summed E-state index contributed by atoms with van der Waals surface area (Å²) in [5.74, 6) is 3.10. The molecule has 1 rings (SSSR count). The van der Waals surface area contributed by atoms with Crippen molar-refractivity contribution in [3.63, 3.8) is 0 Å². The van der Waals surface area contributed by atoms with Gasteiger partial charge in [0.1, 0.15) is 0 Å². The van der Waals surface area contributed by atoms with Gasteiger partial charge < -0.3 is 5.32 Å². The largest absolute Gasteiger partial charge is 0.313 e. The molecule has 1 N–H and O–H groups in total. The van der Waals surface area contributed by atoms with Crippen LogP contribution < -0.4 is 5.32 Å². The molecule has 0 amide bonds. The van der Waals surface area contributed by atoms with Gasteiger partial charge in [-0.25, -0.2) is 0 Å². The summed E-state index contributed by atoms with van der Waals surface area (Å²) in [6.07, 6.45) is 10.6. The Hall–Kier alpha value is 0.310. The molecule has 0 saturated heterocycles. The van der Waals surface area contributed by atoms with Crippen LogP contribution >= 0.6 is 11.8 Å². The monoisotopic (exact) mass is 243 g/mol. The van der Waals surface area contributed by atoms with Crippen LogP contribution in [0.5, 0.6) is 0 Å². The first-order valence-electron chi connectivity index (χ1n) is 6.98. The fraction of sp³-hybridized carbons (Fsp3) is 1.00. The van der Waals surface area contributed by atoms with Gasteiger partial charge in [-0.2, -0.15) is 11.8 Å². The van der Waals surface area contributed by atoms with Crippen molar-refractivity contribution in [1.82, 2.24) is 5.32 Å². The van der Waals surface area contributed by atoms with Gasteiger partial charge in [0.25, 0.3) is 0 Å². The highest BCUT2D eigenvalue weighted by Gasteiger charge is 2.26. The van der Waals surface area contributed by atoms with E-state index in [1.54, 1.807) is 0 Å². The summed E-state index contributed by atoms with van der Waals surface area (Å²) in [7, 11) is 0. The minimum absolute atomic E-state index is 0.786. The van der Waals surface area contributed by atoms with Gasteiger partial charge in [-0.1, -0.05) is 26.7 Å². The maximum absolute atomic E-state index is 3.79. The molecule has 0 radical (unpaired) electrons. The molecular weight excluding hydrogens is 214 g/mol. The Kier molecular flexibility index (Phi) is 7.55. The molecule has 2 atom stereocenters. The Morgan fingerprint density at radius 3 is 2.38 bits per heavy atom. The molecule has 1 nitrogen and oxygen atoms in total. The molecule has 0 heterocycles. The maximum atomic E-state index is 3.79. The summed E-state index contributed by atoms with van der Waals surface area (Å²) >= 11 is 1.97. The highest BCUT2D eigenvalue weighted by molar-refractivity contribution is 7.98. The van der Waals surface area contributed by atoms with Crippen molar-refractivity contribution in [3.8, 4) is 0 Å². The van der Waals surface area contributed by atoms with E-state index in [1.165, 1.54) is 50.8 Å². The first-order valence-corrected chi connectivity index (χ1v) is 8.37. The SMILES string of the molecule is CSCCCCCNC1C(C)CCCC1C. The summed E-state index contributed by atoms with van der Waals surface area (Å²) in [6.45, 7) is 6.07. The van der Waals surface area contributed by atoms with E-state index in [0.29, 0.717) is 0 Å². The van der Waals surface area contributed by atoms with Crippen LogP contribution in [0.25, 0.3) is 0 Å². The fourth-order valence-electron chi connectivity index (χ4n) is 2.90. The Balaban J connectivity index is 2.06. The maximum Gasteiger partial charge on any atom is 0.0118 e. The highest BCUT2D eigenvalue weighted by Crippen LogP contribution is 2.28. The molecule has 0 aromatic carbocycles. The second-order valence-electron chi connectivity index (χ2n) is 5.42. The van der Waals surface area contributed by atoms with Crippen molar-refractivity contribution in [3.05, 3.63) is 0 Å². The van der Waals surface area contributed by atoms with Crippen molar-refractivity contribution < 1.29 is 0 Å². The van der Waals surface area contributed by atoms with Gasteiger partial charge in [0.05, 0.1) is 0 Å². The average Bonchev–Trinajstić information content (AvgIpc) is 2.26. The first-order chi connectivity index (χ1) is 7.75. The molecule has 16 heavy (non-hydrogen) atoms. The molecule has 1 saturated carbocycles. The van der Waals surface area contributed by atoms with Gasteiger partial charge in [0, 0.05) is 6.04 Å². The van der Waals surface area contributed by atoms with Crippen molar-refractivity contribution in [2.45, 2.75) is 58.4 Å². The quantitative estimate of drug-likeness (QED) is 0.680. The van der Waals surface area contributed by atoms with Gasteiger partial charge in [-0.05, 0) is 56.1 Å². The van der Waals surface area contributed by atoms with Crippen molar-refractivity contribution >= 4 is 11.8 Å². The summed E-state index contributed by atoms with van der Waals surface area (Å²) in [5, 5.41) is 3.79. The summed E-state index contributed by atoms with van der Waals surface area (Å²) in [4.78, 5) is 0. The van der Waals surface area contributed by atoms with E-state index in [4.69, 9.17) is 0 Å². The van der Waals surface area contributed by atoms with Crippen LogP contribution in [0, 0.1) is 11.8 Å². The topological polar surface area (TPSA) is 12.0 Å². The Morgan fingerprint density at radius 1 is 1.06 bits per heavy atom. The molecule has 0 aliphatic heterocycles. The molecule has 1 aliphatic rings. The number of unbranched alkanes of at least 4 members (excludes halogenated alkanes) is 2. The molecule has 1 aliphatic carbocycles. The zero-order chi connectivity index (χ0) is 11.8. The van der Waals surface area contributed by atoms with E-state index in [9.17, 15) is 0 Å². The fourth-order valence-corrected chi connectivity index (χ4v) is 3.39. The Labute approximate surface area is 106 Å². The van der Waals surface area contributed by atoms with Crippen LogP contribution in [0.3, 0.4) is 0 Å². The molecule has 2 unspecified atom stereocenters. The van der Waals surface area contributed by atoms with E-state index in [-0.39, 0.29) is 0 Å². The van der Waals surface area contributed by atoms with Gasteiger partial charge in [0.15, 0.2) is 0 Å². The number of hydrogen-bond donors (Lipinski definition) is 1. The Morgan fingerprint density at radius 2 is 1.75 bits per heavy atom. The lowest BCUT2D eigenvalue weighted by Crippen LogP contribution is -2.43. The number of nitrogens with one attached hydrogen (secondary N) is 1. The van der Waals surface area contributed by atoms with Crippen molar-refractivity contribution in [2.75, 3.05) is 18.6 Å². The van der Waals surface area contributed by atoms with Gasteiger partial charge in [-0.15, -0.1) is 0 Å². The van der Waals surface area contributed by atoms with Gasteiger partial charge in [-0.3, -0.25) is 0 Å². The summed E-state index contributed by atoms with van der Waals surface area (Å²) in [6, 6.07) is 0.786. The highest BCUT2D eigenvalue weighted by atomic mass is 32.2. The van der Waals surface area contributed by atoms with E-state index < -0.39 is 0 Å². The van der Waals surface area contributed by atoms with E-state index >= 15 is 0 Å². The molecule has 2 heteroatoms. The molecule has 96 valence electrons. The molecule has 0 spiro atoms. The van der Waals surface area contributed by atoms with E-state index in [0.717, 1.165) is 17.9 Å². The van der Waals surface area contributed by atoms with Crippen molar-refractivity contribution in [2.24, 2.45) is 11.8 Å². The number of thioether (sulfide) groups is 1. The minimum atomic E-state index is 0.786. The molecule has 0 bridgehead atoms. The predicted octanol–water partition coefficient (Wildman–Crippen LogP) is 3.93. The van der Waals surface area contributed by atoms with Crippen LogP contribution in [-0.4, -0.2) is 24.6 Å². The van der Waals surface area contributed by atoms with E-state index in [1.807, 2.05) is 11.8 Å². The average molecular weight is 243 g/mol. The zero-order valence-electron chi connectivity index (χ0n) is 11.3. The second kappa shape index (κ2) is 8.41. The summed E-state index contributed by atoms with van der Waals surface area (Å²) < 4.78 is 0. The normalized spacial score (nSPS) is 30.6. The van der Waals surface area contributed by atoms with Crippen LogP contribution in [-0.2, 0) is 0 Å². The minimum Gasteiger partial charge on any atom is -0.313 e. The smallest absolute Gasteiger partial charge is 0.0118 e. The molecule has 0 aromatic heterocycles. The lowest BCUT2D eigenvalue weighted by molar-refractivity contribution is 0.208. The van der Waals surface area contributed by atoms with Gasteiger partial charge >= 0.3 is 0 Å². The zero-order valence-corrected chi connectivity index (χ0v) is 12.1. The van der Waals surface area contributed by atoms with Crippen molar-refractivity contribution in [1.29, 1.82) is 0 Å². The lowest BCUT2D eigenvalue weighted by Gasteiger charge is -2.35. The van der Waals surface area contributed by atoms with Crippen LogP contribution in [0.4, 0.5) is 0 Å².